The highest BCUT2D eigenvalue weighted by molar-refractivity contribution is 7.92. The number of hydrogen-bond acceptors (Lipinski definition) is 6. The highest BCUT2D eigenvalue weighted by atomic mass is 35.5. The number of carbonyl (C=O) groups is 1. The molecule has 0 fully saturated rings. The van der Waals surface area contributed by atoms with Gasteiger partial charge >= 0.3 is 0 Å². The minimum atomic E-state index is -4.29. The number of anilines is 2. The van der Waals surface area contributed by atoms with Crippen molar-refractivity contribution in [3.63, 3.8) is 0 Å². The van der Waals surface area contributed by atoms with Gasteiger partial charge in [0.05, 0.1) is 31.9 Å². The highest BCUT2D eigenvalue weighted by Crippen LogP contribution is 2.37. The molecule has 0 bridgehead atoms. The van der Waals surface area contributed by atoms with E-state index in [-0.39, 0.29) is 27.1 Å². The first-order chi connectivity index (χ1) is 16.6. The smallest absolute Gasteiger partial charge is 0.265 e. The molecule has 1 amide bonds. The van der Waals surface area contributed by atoms with Gasteiger partial charge in [-0.25, -0.2) is 8.42 Å². The Kier molecular flexibility index (Phi) is 8.37. The zero-order valence-electron chi connectivity index (χ0n) is 19.5. The van der Waals surface area contributed by atoms with E-state index in [1.165, 1.54) is 51.7 Å². The minimum absolute atomic E-state index is 0.0897. The van der Waals surface area contributed by atoms with Gasteiger partial charge in [-0.1, -0.05) is 29.3 Å². The van der Waals surface area contributed by atoms with Crippen LogP contribution in [0.1, 0.15) is 5.56 Å². The molecule has 0 atom stereocenters. The predicted octanol–water partition coefficient (Wildman–Crippen LogP) is 5.16. The maximum Gasteiger partial charge on any atom is 0.265 e. The molecule has 3 aromatic rings. The molecule has 0 unspecified atom stereocenters. The monoisotopic (exact) mass is 538 g/mol. The number of rotatable bonds is 9. The lowest BCUT2D eigenvalue weighted by Crippen LogP contribution is -2.38. The van der Waals surface area contributed by atoms with E-state index in [9.17, 15) is 13.2 Å². The van der Waals surface area contributed by atoms with E-state index in [0.717, 1.165) is 9.87 Å². The fourth-order valence-electron chi connectivity index (χ4n) is 3.26. The normalized spacial score (nSPS) is 11.0. The van der Waals surface area contributed by atoms with Crippen LogP contribution in [0.15, 0.2) is 59.5 Å². The van der Waals surface area contributed by atoms with Gasteiger partial charge in [0, 0.05) is 21.8 Å². The number of aryl methyl sites for hydroxylation is 1. The van der Waals surface area contributed by atoms with Crippen LogP contribution in [0.3, 0.4) is 0 Å². The van der Waals surface area contributed by atoms with Crippen molar-refractivity contribution in [2.75, 3.05) is 37.5 Å². The summed E-state index contributed by atoms with van der Waals surface area (Å²) in [6, 6.07) is 13.6. The van der Waals surface area contributed by atoms with Crippen LogP contribution < -0.4 is 23.8 Å². The first-order valence-corrected chi connectivity index (χ1v) is 12.4. The molecule has 3 rings (SSSR count). The average molecular weight is 539 g/mol. The van der Waals surface area contributed by atoms with Crippen molar-refractivity contribution in [3.05, 3.63) is 70.2 Å². The lowest BCUT2D eigenvalue weighted by molar-refractivity contribution is -0.114. The van der Waals surface area contributed by atoms with E-state index in [2.05, 4.69) is 5.32 Å². The molecule has 1 N–H and O–H groups in total. The zero-order chi connectivity index (χ0) is 25.8. The number of halogens is 2. The molecular weight excluding hydrogens is 515 g/mol. The van der Waals surface area contributed by atoms with E-state index < -0.39 is 22.5 Å². The Morgan fingerprint density at radius 3 is 2.17 bits per heavy atom. The Morgan fingerprint density at radius 2 is 1.54 bits per heavy atom. The van der Waals surface area contributed by atoms with E-state index >= 15 is 0 Å². The van der Waals surface area contributed by atoms with Gasteiger partial charge in [-0.3, -0.25) is 9.10 Å². The average Bonchev–Trinajstić information content (AvgIpc) is 2.84. The molecule has 0 aromatic heterocycles. The molecule has 0 heterocycles. The first-order valence-electron chi connectivity index (χ1n) is 10.2. The third-order valence-corrected chi connectivity index (χ3v) is 7.49. The molecule has 186 valence electrons. The van der Waals surface area contributed by atoms with Crippen LogP contribution in [0, 0.1) is 6.92 Å². The number of carbonyl (C=O) groups excluding carboxylic acids is 1. The van der Waals surface area contributed by atoms with Crippen LogP contribution in [0.4, 0.5) is 11.4 Å². The zero-order valence-corrected chi connectivity index (χ0v) is 21.8. The Labute approximate surface area is 214 Å². The molecule has 8 nitrogen and oxygen atoms in total. The molecule has 35 heavy (non-hydrogen) atoms. The van der Waals surface area contributed by atoms with Crippen LogP contribution in [-0.2, 0) is 14.8 Å². The lowest BCUT2D eigenvalue weighted by atomic mass is 10.2. The van der Waals surface area contributed by atoms with Crippen LogP contribution in [0.2, 0.25) is 10.0 Å². The number of nitrogens with zero attached hydrogens (tertiary/aromatic N) is 1. The Hall–Kier alpha value is -3.14. The summed E-state index contributed by atoms with van der Waals surface area (Å²) in [6.07, 6.45) is 0. The van der Waals surface area contributed by atoms with Gasteiger partial charge in [0.1, 0.15) is 12.3 Å². The lowest BCUT2D eigenvalue weighted by Gasteiger charge is -2.26. The number of nitrogens with one attached hydrogen (secondary N) is 1. The summed E-state index contributed by atoms with van der Waals surface area (Å²) in [5, 5.41) is 3.41. The fourth-order valence-corrected chi connectivity index (χ4v) is 5.05. The molecular formula is C24H24Cl2N2O6S. The van der Waals surface area contributed by atoms with Crippen molar-refractivity contribution in [1.82, 2.24) is 0 Å². The predicted molar refractivity (Wildman–Crippen MR) is 137 cm³/mol. The molecule has 0 aliphatic heterocycles. The van der Waals surface area contributed by atoms with Crippen molar-refractivity contribution in [2.24, 2.45) is 0 Å². The number of hydrogen-bond donors (Lipinski definition) is 1. The molecule has 0 radical (unpaired) electrons. The Morgan fingerprint density at radius 1 is 0.886 bits per heavy atom. The molecule has 0 saturated heterocycles. The van der Waals surface area contributed by atoms with Gasteiger partial charge in [0.25, 0.3) is 10.0 Å². The van der Waals surface area contributed by atoms with Crippen LogP contribution >= 0.6 is 23.2 Å². The van der Waals surface area contributed by atoms with Gasteiger partial charge in [-0.15, -0.1) is 0 Å². The van der Waals surface area contributed by atoms with Gasteiger partial charge in [0.15, 0.2) is 11.5 Å². The SMILES string of the molecule is COc1ccc(S(=O)(=O)N(CC(=O)Nc2ccc(C)c(Cl)c2)c2cc(Cl)ccc2OC)cc1OC. The van der Waals surface area contributed by atoms with Crippen LogP contribution in [-0.4, -0.2) is 42.2 Å². The third kappa shape index (κ3) is 5.93. The number of benzene rings is 3. The minimum Gasteiger partial charge on any atom is -0.495 e. The summed E-state index contributed by atoms with van der Waals surface area (Å²) in [7, 11) is -0.0635. The Balaban J connectivity index is 2.07. The fraction of sp³-hybridized carbons (Fsp3) is 0.208. The number of methoxy groups -OCH3 is 3. The van der Waals surface area contributed by atoms with Crippen molar-refractivity contribution < 1.29 is 27.4 Å². The Bertz CT molecular complexity index is 1350. The van der Waals surface area contributed by atoms with E-state index in [0.29, 0.717) is 16.5 Å². The quantitative estimate of drug-likeness (QED) is 0.404. The molecule has 11 heteroatoms. The molecule has 0 saturated carbocycles. The first kappa shape index (κ1) is 26.5. The summed E-state index contributed by atoms with van der Waals surface area (Å²) in [4.78, 5) is 12.9. The summed E-state index contributed by atoms with van der Waals surface area (Å²) in [6.45, 7) is 1.26. The topological polar surface area (TPSA) is 94.2 Å². The standard InChI is InChI=1S/C24H24Cl2N2O6S/c1-15-5-7-17(12-19(15)26)27-24(29)14-28(20-11-16(25)6-9-21(20)32-2)35(30,31)18-8-10-22(33-3)23(13-18)34-4/h5-13H,14H2,1-4H3,(H,27,29). The molecule has 0 aliphatic carbocycles. The summed E-state index contributed by atoms with van der Waals surface area (Å²) in [5.41, 5.74) is 1.35. The van der Waals surface area contributed by atoms with Gasteiger partial charge in [0.2, 0.25) is 5.91 Å². The van der Waals surface area contributed by atoms with E-state index in [1.807, 2.05) is 6.92 Å². The second-order valence-electron chi connectivity index (χ2n) is 7.36. The van der Waals surface area contributed by atoms with Crippen LogP contribution in [0.5, 0.6) is 17.2 Å². The van der Waals surface area contributed by atoms with E-state index in [1.54, 1.807) is 24.3 Å². The third-order valence-electron chi connectivity index (χ3n) is 5.10. The van der Waals surface area contributed by atoms with Crippen molar-refractivity contribution >= 4 is 50.5 Å². The number of ether oxygens (including phenoxy) is 3. The highest BCUT2D eigenvalue weighted by Gasteiger charge is 2.30. The number of sulfonamides is 1. The number of amides is 1. The largest absolute Gasteiger partial charge is 0.495 e. The molecule has 3 aromatic carbocycles. The van der Waals surface area contributed by atoms with Gasteiger partial charge < -0.3 is 19.5 Å². The molecule has 0 aliphatic rings. The van der Waals surface area contributed by atoms with Gasteiger partial charge in [-0.2, -0.15) is 0 Å². The van der Waals surface area contributed by atoms with E-state index in [4.69, 9.17) is 37.4 Å². The van der Waals surface area contributed by atoms with Crippen molar-refractivity contribution in [2.45, 2.75) is 11.8 Å². The van der Waals surface area contributed by atoms with Crippen molar-refractivity contribution in [1.29, 1.82) is 0 Å². The maximum absolute atomic E-state index is 13.8. The molecule has 0 spiro atoms. The van der Waals surface area contributed by atoms with Crippen LogP contribution in [0.25, 0.3) is 0 Å². The van der Waals surface area contributed by atoms with Crippen molar-refractivity contribution in [3.8, 4) is 17.2 Å². The second kappa shape index (κ2) is 11.1. The van der Waals surface area contributed by atoms with Gasteiger partial charge in [-0.05, 0) is 55.0 Å². The summed E-state index contributed by atoms with van der Waals surface area (Å²) >= 11 is 12.3. The summed E-state index contributed by atoms with van der Waals surface area (Å²) in [5.74, 6) is 0.179. The second-order valence-corrected chi connectivity index (χ2v) is 10.1. The maximum atomic E-state index is 13.8. The summed E-state index contributed by atoms with van der Waals surface area (Å²) < 4.78 is 44.3.